The van der Waals surface area contributed by atoms with E-state index in [0.29, 0.717) is 12.6 Å². The van der Waals surface area contributed by atoms with E-state index in [1.54, 1.807) is 0 Å². The van der Waals surface area contributed by atoms with Gasteiger partial charge in [0.25, 0.3) is 0 Å². The minimum absolute atomic E-state index is 0.334. The number of hydrogen-bond acceptors (Lipinski definition) is 3. The summed E-state index contributed by atoms with van der Waals surface area (Å²) in [7, 11) is 0. The molecule has 0 aliphatic heterocycles. The van der Waals surface area contributed by atoms with Gasteiger partial charge < -0.3 is 15.4 Å². The summed E-state index contributed by atoms with van der Waals surface area (Å²) in [4.78, 5) is 11.4. The van der Waals surface area contributed by atoms with Crippen LogP contribution in [-0.4, -0.2) is 30.8 Å². The Hall–Kier alpha value is -0.770. The lowest BCUT2D eigenvalue weighted by Crippen LogP contribution is -2.41. The van der Waals surface area contributed by atoms with Crippen molar-refractivity contribution in [2.75, 3.05) is 13.1 Å². The Morgan fingerprint density at radius 1 is 1.21 bits per heavy atom. The Kier molecular flexibility index (Phi) is 6.63. The standard InChI is InChI=1S/C15H30N2O2/c1-12(13-8-6-5-7-9-13)16-10-11-17-14(18)19-15(2,3)4/h12-13,16H,5-11H2,1-4H3,(H,17,18)/t12-/m0/s1. The van der Waals surface area contributed by atoms with Gasteiger partial charge in [0.1, 0.15) is 5.60 Å². The molecule has 4 heteroatoms. The maximum atomic E-state index is 11.4. The van der Waals surface area contributed by atoms with Gasteiger partial charge in [-0.15, -0.1) is 0 Å². The van der Waals surface area contributed by atoms with Crippen molar-refractivity contribution in [1.29, 1.82) is 0 Å². The molecule has 1 atom stereocenters. The van der Waals surface area contributed by atoms with E-state index in [0.717, 1.165) is 12.5 Å². The molecule has 1 fully saturated rings. The van der Waals surface area contributed by atoms with Crippen LogP contribution in [0.3, 0.4) is 0 Å². The molecule has 0 bridgehead atoms. The molecule has 1 amide bonds. The number of carbonyl (C=O) groups excluding carboxylic acids is 1. The minimum atomic E-state index is -0.424. The minimum Gasteiger partial charge on any atom is -0.444 e. The number of hydrogen-bond donors (Lipinski definition) is 2. The van der Waals surface area contributed by atoms with Gasteiger partial charge in [-0.1, -0.05) is 19.3 Å². The van der Waals surface area contributed by atoms with Gasteiger partial charge in [0.15, 0.2) is 0 Å². The van der Waals surface area contributed by atoms with E-state index in [4.69, 9.17) is 4.74 Å². The summed E-state index contributed by atoms with van der Waals surface area (Å²) < 4.78 is 5.18. The van der Waals surface area contributed by atoms with Crippen LogP contribution in [0.15, 0.2) is 0 Å². The average molecular weight is 270 g/mol. The van der Waals surface area contributed by atoms with Crippen molar-refractivity contribution in [2.24, 2.45) is 5.92 Å². The van der Waals surface area contributed by atoms with Crippen LogP contribution in [-0.2, 0) is 4.74 Å². The van der Waals surface area contributed by atoms with Gasteiger partial charge >= 0.3 is 6.09 Å². The molecular formula is C15H30N2O2. The van der Waals surface area contributed by atoms with Crippen LogP contribution in [0.1, 0.15) is 59.8 Å². The Balaban J connectivity index is 2.08. The van der Waals surface area contributed by atoms with E-state index in [9.17, 15) is 4.79 Å². The largest absolute Gasteiger partial charge is 0.444 e. The van der Waals surface area contributed by atoms with E-state index in [2.05, 4.69) is 17.6 Å². The molecule has 0 aromatic heterocycles. The third kappa shape index (κ3) is 7.41. The van der Waals surface area contributed by atoms with Gasteiger partial charge in [-0.3, -0.25) is 0 Å². The van der Waals surface area contributed by atoms with Crippen molar-refractivity contribution in [3.05, 3.63) is 0 Å². The topological polar surface area (TPSA) is 50.4 Å². The molecule has 0 saturated heterocycles. The second kappa shape index (κ2) is 7.73. The molecule has 19 heavy (non-hydrogen) atoms. The maximum absolute atomic E-state index is 11.4. The lowest BCUT2D eigenvalue weighted by atomic mass is 9.84. The summed E-state index contributed by atoms with van der Waals surface area (Å²) >= 11 is 0. The Morgan fingerprint density at radius 3 is 2.42 bits per heavy atom. The molecule has 0 aromatic carbocycles. The van der Waals surface area contributed by atoms with E-state index in [1.807, 2.05) is 20.8 Å². The summed E-state index contributed by atoms with van der Waals surface area (Å²) in [5, 5.41) is 6.27. The number of ether oxygens (including phenoxy) is 1. The smallest absolute Gasteiger partial charge is 0.407 e. The zero-order valence-corrected chi connectivity index (χ0v) is 12.9. The predicted octanol–water partition coefficient (Wildman–Crippen LogP) is 3.07. The van der Waals surface area contributed by atoms with Crippen LogP contribution in [0.25, 0.3) is 0 Å². The monoisotopic (exact) mass is 270 g/mol. The van der Waals surface area contributed by atoms with Crippen LogP contribution in [0.2, 0.25) is 0 Å². The van der Waals surface area contributed by atoms with Crippen molar-refractivity contribution in [2.45, 2.75) is 71.4 Å². The van der Waals surface area contributed by atoms with E-state index in [-0.39, 0.29) is 6.09 Å². The normalized spacial score (nSPS) is 18.9. The first-order valence-corrected chi connectivity index (χ1v) is 7.59. The summed E-state index contributed by atoms with van der Waals surface area (Å²) in [5.41, 5.74) is -0.424. The van der Waals surface area contributed by atoms with Gasteiger partial charge in [-0.2, -0.15) is 0 Å². The first kappa shape index (κ1) is 16.3. The lowest BCUT2D eigenvalue weighted by Gasteiger charge is -2.28. The number of carbonyl (C=O) groups is 1. The van der Waals surface area contributed by atoms with Crippen molar-refractivity contribution in [3.8, 4) is 0 Å². The fourth-order valence-corrected chi connectivity index (χ4v) is 2.58. The van der Waals surface area contributed by atoms with Gasteiger partial charge in [0.2, 0.25) is 0 Å². The van der Waals surface area contributed by atoms with Gasteiger partial charge in [0.05, 0.1) is 0 Å². The molecule has 0 unspecified atom stereocenters. The quantitative estimate of drug-likeness (QED) is 0.755. The van der Waals surface area contributed by atoms with E-state index < -0.39 is 5.60 Å². The van der Waals surface area contributed by atoms with Crippen molar-refractivity contribution >= 4 is 6.09 Å². The summed E-state index contributed by atoms with van der Waals surface area (Å²) in [6.07, 6.45) is 6.48. The molecule has 4 nitrogen and oxygen atoms in total. The number of alkyl carbamates (subject to hydrolysis) is 1. The fraction of sp³-hybridized carbons (Fsp3) is 0.933. The predicted molar refractivity (Wildman–Crippen MR) is 78.3 cm³/mol. The number of amides is 1. The maximum Gasteiger partial charge on any atom is 0.407 e. The van der Waals surface area contributed by atoms with Gasteiger partial charge in [-0.25, -0.2) is 4.79 Å². The van der Waals surface area contributed by atoms with Crippen molar-refractivity contribution < 1.29 is 9.53 Å². The van der Waals surface area contributed by atoms with Gasteiger partial charge in [-0.05, 0) is 46.5 Å². The highest BCUT2D eigenvalue weighted by Gasteiger charge is 2.19. The molecule has 0 heterocycles. The molecule has 1 saturated carbocycles. The SMILES string of the molecule is C[C@H](NCCNC(=O)OC(C)(C)C)C1CCCCC1. The highest BCUT2D eigenvalue weighted by Crippen LogP contribution is 2.26. The second-order valence-electron chi connectivity index (χ2n) is 6.57. The summed E-state index contributed by atoms with van der Waals surface area (Å²) in [6, 6.07) is 0.542. The van der Waals surface area contributed by atoms with Crippen LogP contribution in [0.4, 0.5) is 4.79 Å². The highest BCUT2D eigenvalue weighted by atomic mass is 16.6. The van der Waals surface area contributed by atoms with Crippen LogP contribution in [0.5, 0.6) is 0 Å². The summed E-state index contributed by atoms with van der Waals surface area (Å²) in [6.45, 7) is 9.29. The molecule has 0 spiro atoms. The number of rotatable bonds is 5. The van der Waals surface area contributed by atoms with Crippen LogP contribution in [0, 0.1) is 5.92 Å². The molecule has 0 radical (unpaired) electrons. The highest BCUT2D eigenvalue weighted by molar-refractivity contribution is 5.67. The molecule has 112 valence electrons. The van der Waals surface area contributed by atoms with Crippen molar-refractivity contribution in [1.82, 2.24) is 10.6 Å². The Labute approximate surface area is 117 Å². The van der Waals surface area contributed by atoms with E-state index >= 15 is 0 Å². The second-order valence-corrected chi connectivity index (χ2v) is 6.57. The zero-order chi connectivity index (χ0) is 14.3. The Morgan fingerprint density at radius 2 is 1.84 bits per heavy atom. The molecule has 1 aliphatic rings. The van der Waals surface area contributed by atoms with Crippen LogP contribution >= 0.6 is 0 Å². The third-order valence-corrected chi connectivity index (χ3v) is 3.62. The first-order chi connectivity index (χ1) is 8.88. The average Bonchev–Trinajstić information content (AvgIpc) is 2.33. The Bertz CT molecular complexity index is 268. The molecule has 1 aliphatic carbocycles. The third-order valence-electron chi connectivity index (χ3n) is 3.62. The fourth-order valence-electron chi connectivity index (χ4n) is 2.58. The molecule has 1 rings (SSSR count). The molecule has 2 N–H and O–H groups in total. The van der Waals surface area contributed by atoms with Crippen molar-refractivity contribution in [3.63, 3.8) is 0 Å². The zero-order valence-electron chi connectivity index (χ0n) is 12.9. The lowest BCUT2D eigenvalue weighted by molar-refractivity contribution is 0.0527. The number of nitrogens with one attached hydrogen (secondary N) is 2. The first-order valence-electron chi connectivity index (χ1n) is 7.59. The van der Waals surface area contributed by atoms with Crippen LogP contribution < -0.4 is 10.6 Å². The molecular weight excluding hydrogens is 240 g/mol. The summed E-state index contributed by atoms with van der Waals surface area (Å²) in [5.74, 6) is 0.801. The van der Waals surface area contributed by atoms with Gasteiger partial charge in [0, 0.05) is 19.1 Å². The van der Waals surface area contributed by atoms with E-state index in [1.165, 1.54) is 32.1 Å². The molecule has 0 aromatic rings.